The van der Waals surface area contributed by atoms with E-state index in [1.807, 2.05) is 0 Å². The maximum Gasteiger partial charge on any atom is 0.0707 e. The highest BCUT2D eigenvalue weighted by Crippen LogP contribution is 2.19. The normalized spacial score (nSPS) is 22.0. The van der Waals surface area contributed by atoms with Crippen LogP contribution in [-0.4, -0.2) is 50.3 Å². The van der Waals surface area contributed by atoms with Gasteiger partial charge in [0.05, 0.1) is 12.2 Å². The van der Waals surface area contributed by atoms with Gasteiger partial charge in [0.15, 0.2) is 0 Å². The predicted molar refractivity (Wildman–Crippen MR) is 88.7 cm³/mol. The molecule has 0 bridgehead atoms. The third-order valence-corrected chi connectivity index (χ3v) is 4.13. The molecule has 1 aromatic carbocycles. The van der Waals surface area contributed by atoms with E-state index in [0.717, 1.165) is 32.6 Å². The number of rotatable bonds is 9. The summed E-state index contributed by atoms with van der Waals surface area (Å²) >= 11 is 0. The van der Waals surface area contributed by atoms with Crippen molar-refractivity contribution < 1.29 is 4.74 Å². The number of nitrogens with one attached hydrogen (secondary N) is 1. The van der Waals surface area contributed by atoms with Gasteiger partial charge in [-0.15, -0.1) is 0 Å². The predicted octanol–water partition coefficient (Wildman–Crippen LogP) is 2.71. The average molecular weight is 290 g/mol. The second kappa shape index (κ2) is 9.19. The third-order valence-electron chi connectivity index (χ3n) is 4.13. The van der Waals surface area contributed by atoms with Crippen molar-refractivity contribution in [3.8, 4) is 0 Å². The monoisotopic (exact) mass is 290 g/mol. The van der Waals surface area contributed by atoms with Crippen LogP contribution in [0.25, 0.3) is 0 Å². The Labute approximate surface area is 129 Å². The molecule has 2 unspecified atom stereocenters. The molecule has 1 saturated heterocycles. The highest BCUT2D eigenvalue weighted by atomic mass is 16.5. The summed E-state index contributed by atoms with van der Waals surface area (Å²) in [6, 6.07) is 10.7. The summed E-state index contributed by atoms with van der Waals surface area (Å²) < 4.78 is 6.13. The van der Waals surface area contributed by atoms with Gasteiger partial charge in [-0.05, 0) is 44.8 Å². The largest absolute Gasteiger partial charge is 0.372 e. The van der Waals surface area contributed by atoms with E-state index in [9.17, 15) is 0 Å². The molecule has 0 aromatic heterocycles. The molecule has 0 saturated carbocycles. The van der Waals surface area contributed by atoms with E-state index in [-0.39, 0.29) is 0 Å². The van der Waals surface area contributed by atoms with Gasteiger partial charge in [0.25, 0.3) is 0 Å². The summed E-state index contributed by atoms with van der Waals surface area (Å²) in [5.41, 5.74) is 1.42. The van der Waals surface area contributed by atoms with Crippen LogP contribution in [0.5, 0.6) is 0 Å². The zero-order chi connectivity index (χ0) is 14.9. The van der Waals surface area contributed by atoms with Crippen LogP contribution >= 0.6 is 0 Å². The van der Waals surface area contributed by atoms with E-state index in [1.165, 1.54) is 24.8 Å². The van der Waals surface area contributed by atoms with E-state index in [4.69, 9.17) is 4.74 Å². The van der Waals surface area contributed by atoms with Crippen molar-refractivity contribution in [2.45, 2.75) is 44.8 Å². The number of nitrogens with zero attached hydrogens (tertiary/aromatic N) is 1. The van der Waals surface area contributed by atoms with E-state index < -0.39 is 0 Å². The maximum absolute atomic E-state index is 6.13. The Morgan fingerprint density at radius 2 is 1.95 bits per heavy atom. The lowest BCUT2D eigenvalue weighted by Gasteiger charge is -2.21. The Hall–Kier alpha value is -0.900. The van der Waals surface area contributed by atoms with Gasteiger partial charge in [-0.1, -0.05) is 37.3 Å². The lowest BCUT2D eigenvalue weighted by Crippen LogP contribution is -2.33. The molecule has 0 aliphatic carbocycles. The Morgan fingerprint density at radius 1 is 1.19 bits per heavy atom. The summed E-state index contributed by atoms with van der Waals surface area (Å²) in [4.78, 5) is 2.40. The first-order chi connectivity index (χ1) is 10.3. The molecule has 118 valence electrons. The molecule has 2 atom stereocenters. The quantitative estimate of drug-likeness (QED) is 0.708. The first-order valence-corrected chi connectivity index (χ1v) is 8.36. The van der Waals surface area contributed by atoms with Crippen LogP contribution in [0.1, 0.15) is 31.7 Å². The fourth-order valence-corrected chi connectivity index (χ4v) is 2.91. The topological polar surface area (TPSA) is 24.5 Å². The van der Waals surface area contributed by atoms with Crippen molar-refractivity contribution in [2.24, 2.45) is 0 Å². The van der Waals surface area contributed by atoms with Crippen LogP contribution in [0.2, 0.25) is 0 Å². The van der Waals surface area contributed by atoms with Crippen molar-refractivity contribution in [3.63, 3.8) is 0 Å². The highest BCUT2D eigenvalue weighted by Gasteiger charge is 2.25. The van der Waals surface area contributed by atoms with Gasteiger partial charge in [-0.3, -0.25) is 0 Å². The Bertz CT molecular complexity index is 382. The van der Waals surface area contributed by atoms with Crippen LogP contribution in [0.3, 0.4) is 0 Å². The van der Waals surface area contributed by atoms with Crippen molar-refractivity contribution in [3.05, 3.63) is 35.9 Å². The molecule has 1 N–H and O–H groups in total. The average Bonchev–Trinajstić information content (AvgIpc) is 2.94. The first-order valence-electron chi connectivity index (χ1n) is 8.36. The van der Waals surface area contributed by atoms with Gasteiger partial charge in [0, 0.05) is 19.6 Å². The van der Waals surface area contributed by atoms with Crippen LogP contribution in [0.4, 0.5) is 0 Å². The number of likely N-dealkylation sites (N-methyl/N-ethyl adjacent to an activating group) is 1. The Morgan fingerprint density at radius 3 is 2.71 bits per heavy atom. The van der Waals surface area contributed by atoms with Crippen LogP contribution in [0.15, 0.2) is 30.3 Å². The van der Waals surface area contributed by atoms with Gasteiger partial charge < -0.3 is 15.0 Å². The molecule has 1 fully saturated rings. The lowest BCUT2D eigenvalue weighted by molar-refractivity contribution is 0.0282. The third kappa shape index (κ3) is 6.16. The Balaban J connectivity index is 1.61. The molecule has 1 heterocycles. The summed E-state index contributed by atoms with van der Waals surface area (Å²) in [5, 5.41) is 3.46. The molecule has 2 rings (SSSR count). The fraction of sp³-hybridized carbons (Fsp3) is 0.667. The first kappa shape index (κ1) is 16.5. The zero-order valence-electron chi connectivity index (χ0n) is 13.6. The fourth-order valence-electron chi connectivity index (χ4n) is 2.91. The molecular weight excluding hydrogens is 260 g/mol. The molecule has 3 heteroatoms. The van der Waals surface area contributed by atoms with Crippen LogP contribution in [-0.2, 0) is 11.2 Å². The number of hydrogen-bond acceptors (Lipinski definition) is 3. The minimum atomic E-state index is 0.416. The molecule has 0 radical (unpaired) electrons. The molecule has 0 amide bonds. The summed E-state index contributed by atoms with van der Waals surface area (Å²) in [5.74, 6) is 0. The Kier molecular flexibility index (Phi) is 7.20. The minimum absolute atomic E-state index is 0.416. The van der Waals surface area contributed by atoms with Crippen molar-refractivity contribution in [1.82, 2.24) is 10.2 Å². The van der Waals surface area contributed by atoms with Crippen molar-refractivity contribution >= 4 is 0 Å². The second-order valence-electron chi connectivity index (χ2n) is 6.16. The number of ether oxygens (including phenoxy) is 1. The van der Waals surface area contributed by atoms with Crippen LogP contribution in [0, 0.1) is 0 Å². The summed E-state index contributed by atoms with van der Waals surface area (Å²) in [6.07, 6.45) is 5.55. The van der Waals surface area contributed by atoms with Gasteiger partial charge in [0.2, 0.25) is 0 Å². The maximum atomic E-state index is 6.13. The second-order valence-corrected chi connectivity index (χ2v) is 6.16. The van der Waals surface area contributed by atoms with E-state index >= 15 is 0 Å². The summed E-state index contributed by atoms with van der Waals surface area (Å²) in [7, 11) is 2.20. The molecule has 21 heavy (non-hydrogen) atoms. The van der Waals surface area contributed by atoms with Crippen molar-refractivity contribution in [2.75, 3.05) is 33.2 Å². The van der Waals surface area contributed by atoms with E-state index in [0.29, 0.717) is 12.2 Å². The van der Waals surface area contributed by atoms with Gasteiger partial charge in [-0.2, -0.15) is 0 Å². The molecule has 3 nitrogen and oxygen atoms in total. The molecule has 1 aliphatic heterocycles. The van der Waals surface area contributed by atoms with Crippen LogP contribution < -0.4 is 5.32 Å². The van der Waals surface area contributed by atoms with E-state index in [2.05, 4.69) is 54.5 Å². The standard InChI is InChI=1S/C18H30N2O/c1-3-12-19-14-17-9-10-18(21-17)15-20(2)13-11-16-7-5-4-6-8-16/h4-8,17-19H,3,9-15H2,1-2H3. The molecule has 0 spiro atoms. The number of benzene rings is 1. The van der Waals surface area contributed by atoms with Gasteiger partial charge in [0.1, 0.15) is 0 Å². The lowest BCUT2D eigenvalue weighted by atomic mass is 10.1. The molecule has 1 aromatic rings. The number of hydrogen-bond donors (Lipinski definition) is 1. The smallest absolute Gasteiger partial charge is 0.0707 e. The van der Waals surface area contributed by atoms with Crippen molar-refractivity contribution in [1.29, 1.82) is 0 Å². The van der Waals surface area contributed by atoms with E-state index in [1.54, 1.807) is 0 Å². The molecule has 1 aliphatic rings. The van der Waals surface area contributed by atoms with Gasteiger partial charge >= 0.3 is 0 Å². The highest BCUT2D eigenvalue weighted by molar-refractivity contribution is 5.14. The SMILES string of the molecule is CCCNCC1CCC(CN(C)CCc2ccccc2)O1. The summed E-state index contributed by atoms with van der Waals surface area (Å²) in [6.45, 7) is 6.46. The zero-order valence-corrected chi connectivity index (χ0v) is 13.6. The van der Waals surface area contributed by atoms with Gasteiger partial charge in [-0.25, -0.2) is 0 Å². The molecular formula is C18H30N2O. The minimum Gasteiger partial charge on any atom is -0.372 e.